The molecule has 27 heavy (non-hydrogen) atoms. The summed E-state index contributed by atoms with van der Waals surface area (Å²) in [6.07, 6.45) is 4.35. The van der Waals surface area contributed by atoms with Crippen LogP contribution in [0.5, 0.6) is 0 Å². The van der Waals surface area contributed by atoms with Crippen LogP contribution in [0.25, 0.3) is 0 Å². The molecule has 1 unspecified atom stereocenters. The van der Waals surface area contributed by atoms with Gasteiger partial charge in [0.2, 0.25) is 0 Å². The van der Waals surface area contributed by atoms with E-state index in [1.54, 1.807) is 0 Å². The minimum absolute atomic E-state index is 0.417. The van der Waals surface area contributed by atoms with E-state index in [1.807, 2.05) is 13.2 Å². The number of nitrogens with one attached hydrogen (secondary N) is 2. The van der Waals surface area contributed by atoms with Gasteiger partial charge in [0, 0.05) is 52.0 Å². The van der Waals surface area contributed by atoms with Crippen molar-refractivity contribution in [2.75, 3.05) is 44.7 Å². The van der Waals surface area contributed by atoms with Gasteiger partial charge >= 0.3 is 0 Å². The van der Waals surface area contributed by atoms with Crippen LogP contribution in [0.2, 0.25) is 0 Å². The molecule has 1 aliphatic heterocycles. The quantitative estimate of drug-likeness (QED) is 0.541. The molecule has 1 aliphatic rings. The van der Waals surface area contributed by atoms with Gasteiger partial charge in [-0.05, 0) is 43.9 Å². The zero-order chi connectivity index (χ0) is 19.6. The van der Waals surface area contributed by atoms with Gasteiger partial charge in [0.05, 0.1) is 0 Å². The summed E-state index contributed by atoms with van der Waals surface area (Å²) in [4.78, 5) is 13.9. The molecule has 0 aromatic carbocycles. The fourth-order valence-corrected chi connectivity index (χ4v) is 3.27. The molecule has 2 heterocycles. The molecule has 152 valence electrons. The van der Waals surface area contributed by atoms with Crippen molar-refractivity contribution in [1.82, 2.24) is 20.5 Å². The Labute approximate surface area is 165 Å². The average molecular weight is 375 g/mol. The van der Waals surface area contributed by atoms with Gasteiger partial charge in [-0.2, -0.15) is 0 Å². The molecule has 1 aromatic heterocycles. The largest absolute Gasteiger partial charge is 0.354 e. The van der Waals surface area contributed by atoms with E-state index in [2.05, 4.69) is 70.2 Å². The molecule has 0 aliphatic carbocycles. The molecule has 0 bridgehead atoms. The Hall–Kier alpha value is -1.82. The van der Waals surface area contributed by atoms with Crippen LogP contribution in [0, 0.1) is 5.92 Å². The SMILES string of the molecule is CCN1CCN(c2ccc(CNC(=NC)NC(C)CCC(C)C)cn2)CC1. The molecule has 1 atom stereocenters. The Morgan fingerprint density at radius 2 is 1.89 bits per heavy atom. The smallest absolute Gasteiger partial charge is 0.191 e. The number of hydrogen-bond acceptors (Lipinski definition) is 4. The van der Waals surface area contributed by atoms with Crippen molar-refractivity contribution in [1.29, 1.82) is 0 Å². The second-order valence-electron chi connectivity index (χ2n) is 7.89. The first-order chi connectivity index (χ1) is 13.0. The molecule has 0 amide bonds. The maximum absolute atomic E-state index is 4.67. The fourth-order valence-electron chi connectivity index (χ4n) is 3.27. The topological polar surface area (TPSA) is 55.8 Å². The zero-order valence-electron chi connectivity index (χ0n) is 17.8. The van der Waals surface area contributed by atoms with Crippen LogP contribution in [0.4, 0.5) is 5.82 Å². The number of hydrogen-bond donors (Lipinski definition) is 2. The number of aromatic nitrogens is 1. The third-order valence-corrected chi connectivity index (χ3v) is 5.20. The van der Waals surface area contributed by atoms with Crippen molar-refractivity contribution < 1.29 is 0 Å². The number of rotatable bonds is 8. The Balaban J connectivity index is 1.78. The molecule has 1 aromatic rings. The zero-order valence-corrected chi connectivity index (χ0v) is 17.8. The van der Waals surface area contributed by atoms with Crippen LogP contribution in [0.1, 0.15) is 46.1 Å². The van der Waals surface area contributed by atoms with Crippen LogP contribution in [0.15, 0.2) is 23.3 Å². The van der Waals surface area contributed by atoms with Crippen molar-refractivity contribution in [3.05, 3.63) is 23.9 Å². The molecule has 0 spiro atoms. The van der Waals surface area contributed by atoms with E-state index in [4.69, 9.17) is 0 Å². The van der Waals surface area contributed by atoms with Crippen molar-refractivity contribution in [2.24, 2.45) is 10.9 Å². The molecule has 2 N–H and O–H groups in total. The number of anilines is 1. The van der Waals surface area contributed by atoms with Gasteiger partial charge in [-0.1, -0.05) is 26.8 Å². The number of nitrogens with zero attached hydrogens (tertiary/aromatic N) is 4. The van der Waals surface area contributed by atoms with Crippen LogP contribution in [-0.2, 0) is 6.54 Å². The predicted molar refractivity (Wildman–Crippen MR) is 115 cm³/mol. The molecular weight excluding hydrogens is 336 g/mol. The Bertz CT molecular complexity index is 561. The number of aliphatic imine (C=N–C) groups is 1. The summed E-state index contributed by atoms with van der Waals surface area (Å²) in [5.41, 5.74) is 1.17. The minimum atomic E-state index is 0.417. The monoisotopic (exact) mass is 374 g/mol. The van der Waals surface area contributed by atoms with Gasteiger partial charge in [-0.3, -0.25) is 4.99 Å². The number of pyridine rings is 1. The van der Waals surface area contributed by atoms with E-state index in [9.17, 15) is 0 Å². The summed E-state index contributed by atoms with van der Waals surface area (Å²) in [7, 11) is 1.82. The Kier molecular flexibility index (Phi) is 8.85. The Morgan fingerprint density at radius 1 is 1.15 bits per heavy atom. The average Bonchev–Trinajstić information content (AvgIpc) is 2.70. The second-order valence-corrected chi connectivity index (χ2v) is 7.89. The lowest BCUT2D eigenvalue weighted by atomic mass is 10.0. The first-order valence-corrected chi connectivity index (χ1v) is 10.4. The van der Waals surface area contributed by atoms with Crippen molar-refractivity contribution in [3.8, 4) is 0 Å². The number of guanidine groups is 1. The molecule has 0 saturated carbocycles. The molecule has 1 fully saturated rings. The van der Waals surface area contributed by atoms with Gasteiger partial charge in [0.1, 0.15) is 5.82 Å². The second kappa shape index (κ2) is 11.1. The van der Waals surface area contributed by atoms with Gasteiger partial charge in [0.25, 0.3) is 0 Å². The highest BCUT2D eigenvalue weighted by Crippen LogP contribution is 2.14. The fraction of sp³-hybridized carbons (Fsp3) is 0.714. The van der Waals surface area contributed by atoms with Crippen LogP contribution < -0.4 is 15.5 Å². The Morgan fingerprint density at radius 3 is 2.44 bits per heavy atom. The number of likely N-dealkylation sites (N-methyl/N-ethyl adjacent to an activating group) is 1. The lowest BCUT2D eigenvalue weighted by Gasteiger charge is -2.34. The van der Waals surface area contributed by atoms with Crippen molar-refractivity contribution in [3.63, 3.8) is 0 Å². The van der Waals surface area contributed by atoms with Gasteiger partial charge in [-0.15, -0.1) is 0 Å². The number of piperazine rings is 1. The van der Waals surface area contributed by atoms with E-state index in [0.717, 1.165) is 63.4 Å². The highest BCUT2D eigenvalue weighted by Gasteiger charge is 2.16. The van der Waals surface area contributed by atoms with E-state index < -0.39 is 0 Å². The lowest BCUT2D eigenvalue weighted by molar-refractivity contribution is 0.270. The maximum atomic E-state index is 4.67. The van der Waals surface area contributed by atoms with Gasteiger partial charge in [0.15, 0.2) is 5.96 Å². The van der Waals surface area contributed by atoms with E-state index in [-0.39, 0.29) is 0 Å². The summed E-state index contributed by atoms with van der Waals surface area (Å²) < 4.78 is 0. The third kappa shape index (κ3) is 7.37. The van der Waals surface area contributed by atoms with E-state index in [1.165, 1.54) is 12.0 Å². The first kappa shape index (κ1) is 21.5. The summed E-state index contributed by atoms with van der Waals surface area (Å²) in [5.74, 6) is 2.67. The van der Waals surface area contributed by atoms with E-state index in [0.29, 0.717) is 6.04 Å². The van der Waals surface area contributed by atoms with Crippen LogP contribution in [-0.4, -0.2) is 61.7 Å². The molecule has 0 radical (unpaired) electrons. The standard InChI is InChI=1S/C21H38N6/c1-6-26-11-13-27(14-12-26)20-10-9-19(15-23-20)16-24-21(22-5)25-18(4)8-7-17(2)3/h9-10,15,17-18H,6-8,11-14,16H2,1-5H3,(H2,22,24,25). The first-order valence-electron chi connectivity index (χ1n) is 10.4. The summed E-state index contributed by atoms with van der Waals surface area (Å²) in [5, 5.41) is 6.87. The van der Waals surface area contributed by atoms with Gasteiger partial charge in [-0.25, -0.2) is 4.98 Å². The molecule has 2 rings (SSSR count). The summed E-state index contributed by atoms with van der Waals surface area (Å²) in [6.45, 7) is 15.2. The van der Waals surface area contributed by atoms with Crippen molar-refractivity contribution in [2.45, 2.75) is 53.1 Å². The highest BCUT2D eigenvalue weighted by atomic mass is 15.3. The maximum Gasteiger partial charge on any atom is 0.191 e. The lowest BCUT2D eigenvalue weighted by Crippen LogP contribution is -2.46. The minimum Gasteiger partial charge on any atom is -0.354 e. The molecule has 6 heteroatoms. The summed E-state index contributed by atoms with van der Waals surface area (Å²) in [6, 6.07) is 4.72. The van der Waals surface area contributed by atoms with Crippen LogP contribution in [0.3, 0.4) is 0 Å². The predicted octanol–water partition coefficient (Wildman–Crippen LogP) is 2.71. The van der Waals surface area contributed by atoms with Gasteiger partial charge < -0.3 is 20.4 Å². The van der Waals surface area contributed by atoms with Crippen LogP contribution >= 0.6 is 0 Å². The summed E-state index contributed by atoms with van der Waals surface area (Å²) >= 11 is 0. The molecular formula is C21H38N6. The molecule has 1 saturated heterocycles. The normalized spacial score (nSPS) is 17.3. The van der Waals surface area contributed by atoms with E-state index >= 15 is 0 Å². The molecule has 6 nitrogen and oxygen atoms in total. The van der Waals surface area contributed by atoms with Crippen molar-refractivity contribution >= 4 is 11.8 Å². The third-order valence-electron chi connectivity index (χ3n) is 5.20. The highest BCUT2D eigenvalue weighted by molar-refractivity contribution is 5.79.